The third-order valence-corrected chi connectivity index (χ3v) is 4.90. The van der Waals surface area contributed by atoms with Gasteiger partial charge in [0.15, 0.2) is 5.82 Å². The summed E-state index contributed by atoms with van der Waals surface area (Å²) in [4.78, 5) is 27.1. The summed E-state index contributed by atoms with van der Waals surface area (Å²) in [5.74, 6) is 1.07. The Hall–Kier alpha value is -1.40. The molecule has 6 nitrogen and oxygen atoms in total. The Morgan fingerprint density at radius 2 is 1.74 bits per heavy atom. The molecule has 1 amide bonds. The summed E-state index contributed by atoms with van der Waals surface area (Å²) in [6.07, 6.45) is 7.94. The molecule has 23 heavy (non-hydrogen) atoms. The highest BCUT2D eigenvalue weighted by molar-refractivity contribution is 6.32. The van der Waals surface area contributed by atoms with Crippen LogP contribution >= 0.6 is 11.6 Å². The number of nitrogens with zero attached hydrogens (tertiary/aromatic N) is 5. The van der Waals surface area contributed by atoms with E-state index in [2.05, 4.69) is 19.8 Å². The molecule has 0 unspecified atom stereocenters. The van der Waals surface area contributed by atoms with Crippen LogP contribution in [0.15, 0.2) is 12.5 Å². The Bertz CT molecular complexity index is 525. The maximum Gasteiger partial charge on any atom is 0.236 e. The molecule has 126 valence electrons. The highest BCUT2D eigenvalue weighted by Gasteiger charge is 2.23. The number of aromatic nitrogens is 2. The van der Waals surface area contributed by atoms with Gasteiger partial charge in [-0.3, -0.25) is 9.69 Å². The molecular weight excluding hydrogens is 314 g/mol. The second kappa shape index (κ2) is 7.93. The number of carbonyl (C=O) groups excluding carboxylic acids is 1. The van der Waals surface area contributed by atoms with Crippen LogP contribution in [0.3, 0.4) is 0 Å². The number of hydrogen-bond donors (Lipinski definition) is 0. The van der Waals surface area contributed by atoms with Gasteiger partial charge in [0.05, 0.1) is 12.7 Å². The van der Waals surface area contributed by atoms with Crippen molar-refractivity contribution in [1.29, 1.82) is 0 Å². The van der Waals surface area contributed by atoms with E-state index < -0.39 is 0 Å². The van der Waals surface area contributed by atoms with Crippen molar-refractivity contribution in [2.24, 2.45) is 0 Å². The van der Waals surface area contributed by atoms with Crippen LogP contribution in [0, 0.1) is 0 Å². The van der Waals surface area contributed by atoms with Crippen molar-refractivity contribution in [1.82, 2.24) is 19.8 Å². The monoisotopic (exact) mass is 337 g/mol. The van der Waals surface area contributed by atoms with Crippen LogP contribution in [-0.4, -0.2) is 71.5 Å². The van der Waals surface area contributed by atoms with Gasteiger partial charge >= 0.3 is 0 Å². The smallest absolute Gasteiger partial charge is 0.236 e. The second-order valence-electron chi connectivity index (χ2n) is 6.25. The molecule has 1 aromatic heterocycles. The molecule has 0 bridgehead atoms. The van der Waals surface area contributed by atoms with Gasteiger partial charge in [-0.1, -0.05) is 24.4 Å². The Balaban J connectivity index is 1.49. The summed E-state index contributed by atoms with van der Waals surface area (Å²) in [5.41, 5.74) is 0. The molecular formula is C16H24ClN5O. The molecule has 0 aliphatic carbocycles. The topological polar surface area (TPSA) is 52.6 Å². The third-order valence-electron chi connectivity index (χ3n) is 4.64. The molecule has 2 aliphatic heterocycles. The van der Waals surface area contributed by atoms with Crippen molar-refractivity contribution < 1.29 is 4.79 Å². The predicted octanol–water partition coefficient (Wildman–Crippen LogP) is 1.65. The summed E-state index contributed by atoms with van der Waals surface area (Å²) in [7, 11) is 0. The van der Waals surface area contributed by atoms with E-state index in [9.17, 15) is 4.79 Å². The molecule has 0 saturated carbocycles. The lowest BCUT2D eigenvalue weighted by Gasteiger charge is -2.36. The van der Waals surface area contributed by atoms with Crippen molar-refractivity contribution in [2.75, 3.05) is 50.7 Å². The van der Waals surface area contributed by atoms with Gasteiger partial charge in [0.2, 0.25) is 5.91 Å². The number of likely N-dealkylation sites (tertiary alicyclic amines) is 1. The first-order valence-corrected chi connectivity index (χ1v) is 8.82. The zero-order chi connectivity index (χ0) is 16.1. The van der Waals surface area contributed by atoms with E-state index >= 15 is 0 Å². The Labute approximate surface area is 142 Å². The number of halogens is 1. The zero-order valence-electron chi connectivity index (χ0n) is 13.5. The molecule has 0 atom stereocenters. The van der Waals surface area contributed by atoms with Gasteiger partial charge in [0.1, 0.15) is 11.3 Å². The first kappa shape index (κ1) is 16.5. The quantitative estimate of drug-likeness (QED) is 0.839. The van der Waals surface area contributed by atoms with E-state index in [0.717, 1.165) is 57.9 Å². The lowest BCUT2D eigenvalue weighted by Crippen LogP contribution is -2.50. The van der Waals surface area contributed by atoms with E-state index in [1.165, 1.54) is 19.2 Å². The Morgan fingerprint density at radius 3 is 2.39 bits per heavy atom. The fraction of sp³-hybridized carbons (Fsp3) is 0.688. The van der Waals surface area contributed by atoms with Crippen LogP contribution in [-0.2, 0) is 4.79 Å². The van der Waals surface area contributed by atoms with E-state index in [1.807, 2.05) is 4.90 Å². The summed E-state index contributed by atoms with van der Waals surface area (Å²) in [6.45, 7) is 5.78. The van der Waals surface area contributed by atoms with E-state index in [1.54, 1.807) is 6.20 Å². The van der Waals surface area contributed by atoms with E-state index in [4.69, 9.17) is 11.6 Å². The molecule has 0 N–H and O–H groups in total. The molecule has 3 rings (SSSR count). The fourth-order valence-electron chi connectivity index (χ4n) is 3.27. The Morgan fingerprint density at radius 1 is 1.04 bits per heavy atom. The third kappa shape index (κ3) is 4.32. The van der Waals surface area contributed by atoms with Crippen LogP contribution in [0.25, 0.3) is 0 Å². The highest BCUT2D eigenvalue weighted by Crippen LogP contribution is 2.22. The molecule has 2 aliphatic rings. The molecule has 0 spiro atoms. The maximum absolute atomic E-state index is 12.5. The molecule has 0 aromatic carbocycles. The molecule has 0 radical (unpaired) electrons. The molecule has 3 heterocycles. The largest absolute Gasteiger partial charge is 0.353 e. The summed E-state index contributed by atoms with van der Waals surface area (Å²) in [5, 5.41) is 0.585. The van der Waals surface area contributed by atoms with Crippen molar-refractivity contribution in [3.8, 4) is 0 Å². The van der Waals surface area contributed by atoms with Crippen LogP contribution in [0.4, 0.5) is 5.82 Å². The lowest BCUT2D eigenvalue weighted by molar-refractivity contribution is -0.132. The highest BCUT2D eigenvalue weighted by atomic mass is 35.5. The van der Waals surface area contributed by atoms with Gasteiger partial charge < -0.3 is 9.80 Å². The van der Waals surface area contributed by atoms with Crippen LogP contribution in [0.2, 0.25) is 5.02 Å². The van der Waals surface area contributed by atoms with Crippen molar-refractivity contribution in [3.63, 3.8) is 0 Å². The number of carbonyl (C=O) groups is 1. The number of piperazine rings is 1. The van der Waals surface area contributed by atoms with Gasteiger partial charge in [0, 0.05) is 39.3 Å². The maximum atomic E-state index is 12.5. The average molecular weight is 338 g/mol. The second-order valence-corrected chi connectivity index (χ2v) is 6.66. The van der Waals surface area contributed by atoms with E-state index in [-0.39, 0.29) is 5.91 Å². The minimum Gasteiger partial charge on any atom is -0.353 e. The fourth-order valence-corrected chi connectivity index (χ4v) is 3.49. The van der Waals surface area contributed by atoms with Gasteiger partial charge in [-0.25, -0.2) is 9.97 Å². The van der Waals surface area contributed by atoms with Crippen molar-refractivity contribution >= 4 is 23.3 Å². The van der Waals surface area contributed by atoms with Gasteiger partial charge in [0.25, 0.3) is 0 Å². The lowest BCUT2D eigenvalue weighted by atomic mass is 10.2. The summed E-state index contributed by atoms with van der Waals surface area (Å²) >= 11 is 6.15. The average Bonchev–Trinajstić information content (AvgIpc) is 2.86. The Kier molecular flexibility index (Phi) is 5.67. The predicted molar refractivity (Wildman–Crippen MR) is 90.7 cm³/mol. The van der Waals surface area contributed by atoms with Crippen molar-refractivity contribution in [3.05, 3.63) is 17.5 Å². The number of rotatable bonds is 3. The number of hydrogen-bond acceptors (Lipinski definition) is 5. The van der Waals surface area contributed by atoms with Gasteiger partial charge in [-0.15, -0.1) is 0 Å². The molecule has 2 fully saturated rings. The molecule has 7 heteroatoms. The molecule has 2 saturated heterocycles. The zero-order valence-corrected chi connectivity index (χ0v) is 14.2. The standard InChI is InChI=1S/C16H24ClN5O/c17-14-11-18-13-19-16(14)22-9-7-20(8-10-22)12-15(23)21-5-3-1-2-4-6-21/h11,13H,1-10,12H2. The van der Waals surface area contributed by atoms with Crippen molar-refractivity contribution in [2.45, 2.75) is 25.7 Å². The number of anilines is 1. The minimum absolute atomic E-state index is 0.278. The van der Waals surface area contributed by atoms with Gasteiger partial charge in [-0.05, 0) is 12.8 Å². The first-order chi connectivity index (χ1) is 11.2. The van der Waals surface area contributed by atoms with Crippen LogP contribution in [0.1, 0.15) is 25.7 Å². The van der Waals surface area contributed by atoms with Gasteiger partial charge in [-0.2, -0.15) is 0 Å². The molecule has 1 aromatic rings. The SMILES string of the molecule is O=C(CN1CCN(c2ncncc2Cl)CC1)N1CCCCCC1. The van der Waals surface area contributed by atoms with E-state index in [0.29, 0.717) is 11.6 Å². The first-order valence-electron chi connectivity index (χ1n) is 8.44. The summed E-state index contributed by atoms with van der Waals surface area (Å²) in [6, 6.07) is 0. The summed E-state index contributed by atoms with van der Waals surface area (Å²) < 4.78 is 0. The van der Waals surface area contributed by atoms with Crippen LogP contribution < -0.4 is 4.90 Å². The van der Waals surface area contributed by atoms with Crippen LogP contribution in [0.5, 0.6) is 0 Å². The minimum atomic E-state index is 0.278. The normalized spacial score (nSPS) is 20.4. The number of amides is 1.